The third-order valence-corrected chi connectivity index (χ3v) is 2.59. The lowest BCUT2D eigenvalue weighted by molar-refractivity contribution is -0.275. The number of halogens is 5. The summed E-state index contributed by atoms with van der Waals surface area (Å²) in [6.07, 6.45) is -5.38. The third kappa shape index (κ3) is 4.80. The molecule has 0 aliphatic carbocycles. The van der Waals surface area contributed by atoms with Crippen LogP contribution in [0.1, 0.15) is 11.3 Å². The molecule has 0 bridgehead atoms. The van der Waals surface area contributed by atoms with Crippen molar-refractivity contribution in [2.45, 2.75) is 19.5 Å². The number of hydrogen-bond acceptors (Lipinski definition) is 4. The summed E-state index contributed by atoms with van der Waals surface area (Å²) in [5, 5.41) is 0. The molecule has 1 rings (SSSR count). The van der Waals surface area contributed by atoms with Crippen LogP contribution in [0.5, 0.6) is 5.75 Å². The topological polar surface area (TPSA) is 48.4 Å². The predicted octanol–water partition coefficient (Wildman–Crippen LogP) is 2.77. The van der Waals surface area contributed by atoms with Crippen LogP contribution < -0.4 is 4.74 Å². The van der Waals surface area contributed by atoms with E-state index < -0.39 is 36.7 Å². The van der Waals surface area contributed by atoms with Crippen LogP contribution >= 0.6 is 22.6 Å². The minimum absolute atomic E-state index is 0.138. The first kappa shape index (κ1) is 15.9. The zero-order valence-electron chi connectivity index (χ0n) is 9.55. The van der Waals surface area contributed by atoms with Gasteiger partial charge in [0.05, 0.1) is 19.2 Å². The van der Waals surface area contributed by atoms with Crippen molar-refractivity contribution in [2.75, 3.05) is 7.11 Å². The summed E-state index contributed by atoms with van der Waals surface area (Å²) in [6, 6.07) is 0.948. The van der Waals surface area contributed by atoms with E-state index in [9.17, 15) is 22.4 Å². The molecule has 4 nitrogen and oxygen atoms in total. The van der Waals surface area contributed by atoms with Gasteiger partial charge in [-0.1, -0.05) is 0 Å². The highest BCUT2D eigenvalue weighted by Crippen LogP contribution is 2.30. The Hall–Kier alpha value is -1.13. The molecule has 0 aromatic carbocycles. The highest BCUT2D eigenvalue weighted by Gasteiger charge is 2.33. The number of methoxy groups -OCH3 is 1. The van der Waals surface area contributed by atoms with Gasteiger partial charge < -0.3 is 9.47 Å². The maximum absolute atomic E-state index is 12.9. The van der Waals surface area contributed by atoms with Crippen molar-refractivity contribution in [3.63, 3.8) is 0 Å². The molecule has 19 heavy (non-hydrogen) atoms. The van der Waals surface area contributed by atoms with E-state index in [1.54, 1.807) is 22.6 Å². The van der Waals surface area contributed by atoms with Crippen LogP contribution in [0.2, 0.25) is 0 Å². The number of alkyl halides is 4. The zero-order chi connectivity index (χ0) is 14.6. The van der Waals surface area contributed by atoms with Gasteiger partial charge in [-0.05, 0) is 22.6 Å². The summed E-state index contributed by atoms with van der Waals surface area (Å²) in [4.78, 5) is 14.9. The van der Waals surface area contributed by atoms with Crippen molar-refractivity contribution in [1.29, 1.82) is 0 Å². The van der Waals surface area contributed by atoms with E-state index in [1.807, 2.05) is 0 Å². The van der Waals surface area contributed by atoms with E-state index in [4.69, 9.17) is 0 Å². The van der Waals surface area contributed by atoms with Crippen molar-refractivity contribution in [1.82, 2.24) is 4.98 Å². The molecule has 0 amide bonds. The second-order valence-electron chi connectivity index (χ2n) is 3.30. The number of pyridine rings is 1. The minimum atomic E-state index is -4.95. The molecular formula is C10H8F4INO3. The summed E-state index contributed by atoms with van der Waals surface area (Å²) in [5.74, 6) is -1.43. The highest BCUT2D eigenvalue weighted by molar-refractivity contribution is 14.1. The van der Waals surface area contributed by atoms with E-state index >= 15 is 0 Å². The largest absolute Gasteiger partial charge is 0.573 e. The standard InChI is InChI=1S/C10H8F4INO3/c1-18-9(17)2-6-5(4-11)7(3-8(15)16-6)19-10(12,13)14/h3H,2,4H2,1H3. The number of rotatable bonds is 4. The second-order valence-corrected chi connectivity index (χ2v) is 4.41. The summed E-state index contributed by atoms with van der Waals surface area (Å²) in [5.41, 5.74) is -0.552. The smallest absolute Gasteiger partial charge is 0.469 e. The van der Waals surface area contributed by atoms with Gasteiger partial charge in [-0.25, -0.2) is 9.37 Å². The number of carbonyl (C=O) groups excluding carboxylic acids is 1. The van der Waals surface area contributed by atoms with Crippen molar-refractivity contribution >= 4 is 28.6 Å². The Labute approximate surface area is 119 Å². The predicted molar refractivity (Wildman–Crippen MR) is 64.2 cm³/mol. The molecule has 0 aliphatic heterocycles. The molecule has 0 aliphatic rings. The van der Waals surface area contributed by atoms with Gasteiger partial charge in [-0.3, -0.25) is 4.79 Å². The van der Waals surface area contributed by atoms with Gasteiger partial charge in [0, 0.05) is 11.6 Å². The number of carbonyl (C=O) groups is 1. The summed E-state index contributed by atoms with van der Waals surface area (Å²) in [7, 11) is 1.11. The number of hydrogen-bond donors (Lipinski definition) is 0. The molecule has 0 fully saturated rings. The van der Waals surface area contributed by atoms with Gasteiger partial charge >= 0.3 is 12.3 Å². The van der Waals surface area contributed by atoms with Gasteiger partial charge in [0.15, 0.2) is 0 Å². The van der Waals surface area contributed by atoms with Crippen molar-refractivity contribution in [3.8, 4) is 5.75 Å². The van der Waals surface area contributed by atoms with Crippen LogP contribution in [0.15, 0.2) is 6.07 Å². The van der Waals surface area contributed by atoms with Gasteiger partial charge in [0.25, 0.3) is 0 Å². The maximum atomic E-state index is 12.9. The van der Waals surface area contributed by atoms with E-state index in [2.05, 4.69) is 14.5 Å². The van der Waals surface area contributed by atoms with E-state index in [-0.39, 0.29) is 9.39 Å². The van der Waals surface area contributed by atoms with E-state index in [0.29, 0.717) is 0 Å². The number of aromatic nitrogens is 1. The Morgan fingerprint density at radius 2 is 2.11 bits per heavy atom. The molecule has 0 atom stereocenters. The third-order valence-electron chi connectivity index (χ3n) is 2.04. The number of nitrogens with zero attached hydrogens (tertiary/aromatic N) is 1. The molecule has 0 saturated heterocycles. The number of esters is 1. The average Bonchev–Trinajstić information content (AvgIpc) is 2.26. The molecule has 0 saturated carbocycles. The lowest BCUT2D eigenvalue weighted by atomic mass is 10.1. The summed E-state index contributed by atoms with van der Waals surface area (Å²) in [6.45, 7) is -1.23. The van der Waals surface area contributed by atoms with Crippen molar-refractivity contribution in [3.05, 3.63) is 21.0 Å². The number of ether oxygens (including phenoxy) is 2. The maximum Gasteiger partial charge on any atom is 0.573 e. The SMILES string of the molecule is COC(=O)Cc1nc(I)cc(OC(F)(F)F)c1CF. The Kier molecular flexibility index (Phi) is 5.32. The van der Waals surface area contributed by atoms with Crippen molar-refractivity contribution < 1.29 is 31.8 Å². The molecule has 1 aromatic rings. The van der Waals surface area contributed by atoms with Crippen LogP contribution in [0, 0.1) is 3.70 Å². The molecule has 106 valence electrons. The Bertz CT molecular complexity index is 479. The molecule has 0 radical (unpaired) electrons. The van der Waals surface area contributed by atoms with Gasteiger partial charge in [0.1, 0.15) is 16.1 Å². The lowest BCUT2D eigenvalue weighted by Crippen LogP contribution is -2.19. The first-order valence-corrected chi connectivity index (χ1v) is 5.91. The van der Waals surface area contributed by atoms with Gasteiger partial charge in [0.2, 0.25) is 0 Å². The first-order valence-electron chi connectivity index (χ1n) is 4.83. The Balaban J connectivity index is 3.20. The minimum Gasteiger partial charge on any atom is -0.469 e. The van der Waals surface area contributed by atoms with E-state index in [1.165, 1.54) is 0 Å². The van der Waals surface area contributed by atoms with Crippen LogP contribution in [-0.2, 0) is 22.6 Å². The average molecular weight is 393 g/mol. The normalized spacial score (nSPS) is 11.3. The van der Waals surface area contributed by atoms with Gasteiger partial charge in [-0.15, -0.1) is 13.2 Å². The van der Waals surface area contributed by atoms with Gasteiger partial charge in [-0.2, -0.15) is 0 Å². The summed E-state index contributed by atoms with van der Waals surface area (Å²) < 4.78 is 57.7. The molecule has 1 aromatic heterocycles. The summed E-state index contributed by atoms with van der Waals surface area (Å²) >= 11 is 1.64. The Morgan fingerprint density at radius 1 is 1.47 bits per heavy atom. The lowest BCUT2D eigenvalue weighted by Gasteiger charge is -2.14. The fourth-order valence-corrected chi connectivity index (χ4v) is 1.85. The fraction of sp³-hybridized carbons (Fsp3) is 0.400. The van der Waals surface area contributed by atoms with Crippen molar-refractivity contribution in [2.24, 2.45) is 0 Å². The molecular weight excluding hydrogens is 385 g/mol. The van der Waals surface area contributed by atoms with Crippen LogP contribution in [-0.4, -0.2) is 24.4 Å². The van der Waals surface area contributed by atoms with Crippen LogP contribution in [0.25, 0.3) is 0 Å². The molecule has 0 spiro atoms. The quantitative estimate of drug-likeness (QED) is 0.342. The van der Waals surface area contributed by atoms with E-state index in [0.717, 1.165) is 13.2 Å². The molecule has 9 heteroatoms. The fourth-order valence-electron chi connectivity index (χ4n) is 1.28. The monoisotopic (exact) mass is 393 g/mol. The van der Waals surface area contributed by atoms with Crippen LogP contribution in [0.3, 0.4) is 0 Å². The zero-order valence-corrected chi connectivity index (χ0v) is 11.7. The molecule has 0 unspecified atom stereocenters. The second kappa shape index (κ2) is 6.35. The molecule has 1 heterocycles. The van der Waals surface area contributed by atoms with Crippen LogP contribution in [0.4, 0.5) is 17.6 Å². The molecule has 0 N–H and O–H groups in total. The highest BCUT2D eigenvalue weighted by atomic mass is 127. The first-order chi connectivity index (χ1) is 8.76. The Morgan fingerprint density at radius 3 is 2.58 bits per heavy atom.